The highest BCUT2D eigenvalue weighted by molar-refractivity contribution is 5.78. The predicted octanol–water partition coefficient (Wildman–Crippen LogP) is 2.73. The van der Waals surface area contributed by atoms with Crippen LogP contribution >= 0.6 is 0 Å². The van der Waals surface area contributed by atoms with E-state index in [1.165, 1.54) is 0 Å². The maximum atomic E-state index is 6.03. The Hall–Kier alpha value is -4.21. The van der Waals surface area contributed by atoms with Crippen molar-refractivity contribution in [3.8, 4) is 12.0 Å². The molecule has 0 saturated carbocycles. The number of hydrogen-bond acceptors (Lipinski definition) is 8. The van der Waals surface area contributed by atoms with Crippen molar-refractivity contribution in [2.45, 2.75) is 13.2 Å². The molecule has 0 fully saturated rings. The summed E-state index contributed by atoms with van der Waals surface area (Å²) < 4.78 is 14.7. The first-order chi connectivity index (χ1) is 14.8. The lowest BCUT2D eigenvalue weighted by molar-refractivity contribution is 0.272. The Labute approximate surface area is 171 Å². The molecule has 1 aromatic carbocycles. The zero-order chi connectivity index (χ0) is 20.3. The average molecular weight is 402 g/mol. The second kappa shape index (κ2) is 7.66. The van der Waals surface area contributed by atoms with E-state index in [0.29, 0.717) is 18.5 Å². The van der Waals surface area contributed by atoms with Crippen LogP contribution in [0.25, 0.3) is 17.0 Å². The first-order valence-corrected chi connectivity index (χ1v) is 9.33. The van der Waals surface area contributed by atoms with Crippen molar-refractivity contribution in [1.29, 1.82) is 0 Å². The molecule has 0 aliphatic carbocycles. The van der Waals surface area contributed by atoms with Crippen LogP contribution in [0.5, 0.6) is 6.01 Å². The van der Waals surface area contributed by atoms with Crippen LogP contribution in [0.15, 0.2) is 65.3 Å². The number of aromatic nitrogens is 7. The number of pyridine rings is 1. The number of para-hydroxylation sites is 2. The average Bonchev–Trinajstić information content (AvgIpc) is 3.51. The molecule has 150 valence electrons. The maximum Gasteiger partial charge on any atom is 0.305 e. The number of imidazole rings is 1. The summed E-state index contributed by atoms with van der Waals surface area (Å²) in [4.78, 5) is 9.18. The molecule has 0 spiro atoms. The summed E-state index contributed by atoms with van der Waals surface area (Å²) in [7, 11) is 1.77. The van der Waals surface area contributed by atoms with E-state index < -0.39 is 0 Å². The Morgan fingerprint density at radius 1 is 1.03 bits per heavy atom. The van der Waals surface area contributed by atoms with Crippen LogP contribution in [0, 0.1) is 0 Å². The van der Waals surface area contributed by atoms with E-state index in [0.717, 1.165) is 28.3 Å². The molecule has 30 heavy (non-hydrogen) atoms. The van der Waals surface area contributed by atoms with Gasteiger partial charge in [0.1, 0.15) is 18.2 Å². The molecule has 0 radical (unpaired) electrons. The van der Waals surface area contributed by atoms with E-state index in [2.05, 4.69) is 30.8 Å². The van der Waals surface area contributed by atoms with E-state index in [4.69, 9.17) is 9.15 Å². The first kappa shape index (κ1) is 17.9. The van der Waals surface area contributed by atoms with Gasteiger partial charge in [-0.1, -0.05) is 23.3 Å². The Morgan fingerprint density at radius 3 is 2.80 bits per heavy atom. The summed E-state index contributed by atoms with van der Waals surface area (Å²) in [5, 5.41) is 15.0. The zero-order valence-electron chi connectivity index (χ0n) is 16.1. The highest BCUT2D eigenvalue weighted by atomic mass is 16.5. The molecule has 4 heterocycles. The number of fused-ring (bicyclic) bond motifs is 1. The zero-order valence-corrected chi connectivity index (χ0v) is 16.1. The molecule has 0 aliphatic rings. The second-order valence-corrected chi connectivity index (χ2v) is 6.56. The molecule has 1 N–H and O–H groups in total. The van der Waals surface area contributed by atoms with Crippen molar-refractivity contribution >= 4 is 16.9 Å². The van der Waals surface area contributed by atoms with Gasteiger partial charge in [-0.25, -0.2) is 14.2 Å². The number of aryl methyl sites for hydroxylation is 1. The van der Waals surface area contributed by atoms with Crippen LogP contribution in [0.4, 0.5) is 5.82 Å². The third-order valence-electron chi connectivity index (χ3n) is 4.51. The number of benzene rings is 1. The lowest BCUT2D eigenvalue weighted by Gasteiger charge is -2.09. The van der Waals surface area contributed by atoms with Crippen LogP contribution in [-0.4, -0.2) is 34.7 Å². The van der Waals surface area contributed by atoms with Gasteiger partial charge in [-0.15, -0.1) is 0 Å². The highest BCUT2D eigenvalue weighted by Gasteiger charge is 2.18. The molecule has 5 rings (SSSR count). The van der Waals surface area contributed by atoms with Crippen molar-refractivity contribution in [1.82, 2.24) is 34.7 Å². The Balaban J connectivity index is 1.38. The summed E-state index contributed by atoms with van der Waals surface area (Å²) in [5.74, 6) is 2.09. The number of furan rings is 1. The van der Waals surface area contributed by atoms with Crippen LogP contribution in [0.1, 0.15) is 11.5 Å². The third-order valence-corrected chi connectivity index (χ3v) is 4.51. The fraction of sp³-hybridized carbons (Fsp3) is 0.150. The van der Waals surface area contributed by atoms with Crippen LogP contribution in [0.3, 0.4) is 0 Å². The monoisotopic (exact) mass is 402 g/mol. The van der Waals surface area contributed by atoms with Crippen LogP contribution in [0.2, 0.25) is 0 Å². The van der Waals surface area contributed by atoms with Gasteiger partial charge in [-0.05, 0) is 46.8 Å². The molecule has 0 aliphatic heterocycles. The van der Waals surface area contributed by atoms with E-state index >= 15 is 0 Å². The smallest absolute Gasteiger partial charge is 0.305 e. The molecule has 0 saturated heterocycles. The molecule has 4 aromatic heterocycles. The topological polar surface area (TPSA) is 109 Å². The van der Waals surface area contributed by atoms with Crippen molar-refractivity contribution < 1.29 is 9.15 Å². The third kappa shape index (κ3) is 3.46. The molecule has 0 atom stereocenters. The van der Waals surface area contributed by atoms with E-state index in [9.17, 15) is 0 Å². The minimum Gasteiger partial charge on any atom is -0.467 e. The first-order valence-electron chi connectivity index (χ1n) is 9.33. The molecular formula is C20H18N8O2. The van der Waals surface area contributed by atoms with Gasteiger partial charge in [0.2, 0.25) is 0 Å². The summed E-state index contributed by atoms with van der Waals surface area (Å²) in [6.45, 7) is 0.796. The summed E-state index contributed by atoms with van der Waals surface area (Å²) in [6, 6.07) is 17.6. The van der Waals surface area contributed by atoms with Crippen molar-refractivity contribution in [3.05, 3.63) is 72.3 Å². The Kier molecular flexibility index (Phi) is 4.56. The summed E-state index contributed by atoms with van der Waals surface area (Å²) >= 11 is 0. The van der Waals surface area contributed by atoms with E-state index in [1.54, 1.807) is 22.6 Å². The normalized spacial score (nSPS) is 11.1. The molecule has 10 nitrogen and oxygen atoms in total. The SMILES string of the molecule is Cn1nnnc1-n1c(OCc2cccc(NCc3ccco3)n2)nc2ccccc21. The summed E-state index contributed by atoms with van der Waals surface area (Å²) in [5.41, 5.74) is 2.40. The number of hydrogen-bond donors (Lipinski definition) is 1. The maximum absolute atomic E-state index is 6.03. The molecule has 5 aromatic rings. The van der Waals surface area contributed by atoms with Crippen molar-refractivity contribution in [3.63, 3.8) is 0 Å². The Morgan fingerprint density at radius 2 is 1.97 bits per heavy atom. The van der Waals surface area contributed by atoms with E-state index in [1.807, 2.05) is 54.6 Å². The van der Waals surface area contributed by atoms with E-state index in [-0.39, 0.29) is 6.61 Å². The molecule has 0 unspecified atom stereocenters. The number of nitrogens with one attached hydrogen (secondary N) is 1. The standard InChI is InChI=1S/C20H18N8O2/c1-27-19(24-25-26-27)28-17-9-3-2-8-16(17)23-20(28)30-13-14-6-4-10-18(22-14)21-12-15-7-5-11-29-15/h2-11H,12-13H2,1H3,(H,21,22). The van der Waals surface area contributed by atoms with Gasteiger partial charge >= 0.3 is 6.01 Å². The van der Waals surface area contributed by atoms with Crippen LogP contribution < -0.4 is 10.1 Å². The minimum absolute atomic E-state index is 0.241. The lowest BCUT2D eigenvalue weighted by Crippen LogP contribution is -2.09. The van der Waals surface area contributed by atoms with Gasteiger partial charge in [-0.2, -0.15) is 4.98 Å². The fourth-order valence-corrected chi connectivity index (χ4v) is 3.10. The largest absolute Gasteiger partial charge is 0.467 e. The van der Waals surface area contributed by atoms with Crippen molar-refractivity contribution in [2.24, 2.45) is 7.05 Å². The van der Waals surface area contributed by atoms with Gasteiger partial charge in [0.25, 0.3) is 5.95 Å². The number of nitrogens with zero attached hydrogens (tertiary/aromatic N) is 7. The molecular weight excluding hydrogens is 384 g/mol. The lowest BCUT2D eigenvalue weighted by atomic mass is 10.3. The number of rotatable bonds is 7. The van der Waals surface area contributed by atoms with Gasteiger partial charge in [0.15, 0.2) is 0 Å². The fourth-order valence-electron chi connectivity index (χ4n) is 3.10. The summed E-state index contributed by atoms with van der Waals surface area (Å²) in [6.07, 6.45) is 1.65. The number of anilines is 1. The molecule has 0 amide bonds. The van der Waals surface area contributed by atoms with Crippen LogP contribution in [-0.2, 0) is 20.2 Å². The van der Waals surface area contributed by atoms with Crippen molar-refractivity contribution in [2.75, 3.05) is 5.32 Å². The quantitative estimate of drug-likeness (QED) is 0.443. The van der Waals surface area contributed by atoms with Gasteiger partial charge < -0.3 is 14.5 Å². The predicted molar refractivity (Wildman–Crippen MR) is 108 cm³/mol. The second-order valence-electron chi connectivity index (χ2n) is 6.56. The Bertz CT molecular complexity index is 1280. The van der Waals surface area contributed by atoms with Gasteiger partial charge in [-0.3, -0.25) is 0 Å². The highest BCUT2D eigenvalue weighted by Crippen LogP contribution is 2.25. The van der Waals surface area contributed by atoms with Gasteiger partial charge in [0, 0.05) is 7.05 Å². The number of tetrazole rings is 1. The van der Waals surface area contributed by atoms with Gasteiger partial charge in [0.05, 0.1) is 29.5 Å². The number of ether oxygens (including phenoxy) is 1. The minimum atomic E-state index is 0.241. The molecule has 10 heteroatoms. The molecule has 0 bridgehead atoms.